The van der Waals surface area contributed by atoms with Crippen LogP contribution >= 0.6 is 15.9 Å². The molecule has 0 N–H and O–H groups in total. The predicted molar refractivity (Wildman–Crippen MR) is 129 cm³/mol. The average Bonchev–Trinajstić information content (AvgIpc) is 2.78. The van der Waals surface area contributed by atoms with Crippen LogP contribution in [-0.4, -0.2) is 28.5 Å². The number of rotatable bonds is 7. The molecule has 166 valence electrons. The largest absolute Gasteiger partial charge is 0.493 e. The van der Waals surface area contributed by atoms with E-state index in [0.717, 1.165) is 9.87 Å². The lowest BCUT2D eigenvalue weighted by atomic mass is 10.2. The fraction of sp³-hybridized carbons (Fsp3) is 0.125. The van der Waals surface area contributed by atoms with Gasteiger partial charge in [0.15, 0.2) is 11.5 Å². The van der Waals surface area contributed by atoms with Crippen LogP contribution in [0.3, 0.4) is 0 Å². The number of sulfonamides is 1. The maximum Gasteiger partial charge on any atom is 0.271 e. The number of carbonyl (C=O) groups is 1. The van der Waals surface area contributed by atoms with Crippen LogP contribution < -0.4 is 13.8 Å². The fourth-order valence-electron chi connectivity index (χ4n) is 3.03. The summed E-state index contributed by atoms with van der Waals surface area (Å²) < 4.78 is 38.8. The number of hydrogen-bond acceptors (Lipinski definition) is 5. The van der Waals surface area contributed by atoms with Crippen molar-refractivity contribution in [3.63, 3.8) is 0 Å². The van der Waals surface area contributed by atoms with Gasteiger partial charge in [-0.15, -0.1) is 0 Å². The van der Waals surface area contributed by atoms with Crippen molar-refractivity contribution in [2.24, 2.45) is 0 Å². The van der Waals surface area contributed by atoms with E-state index in [1.54, 1.807) is 54.6 Å². The zero-order valence-electron chi connectivity index (χ0n) is 17.8. The third kappa shape index (κ3) is 5.03. The number of anilines is 1. The minimum absolute atomic E-state index is 0.0302. The van der Waals surface area contributed by atoms with Crippen LogP contribution in [0.1, 0.15) is 11.1 Å². The molecule has 0 saturated heterocycles. The number of ether oxygens (including phenoxy) is 2. The van der Waals surface area contributed by atoms with E-state index in [0.29, 0.717) is 21.5 Å². The van der Waals surface area contributed by atoms with Crippen LogP contribution in [-0.2, 0) is 14.8 Å². The molecule has 3 aromatic rings. The van der Waals surface area contributed by atoms with Gasteiger partial charge < -0.3 is 9.47 Å². The molecule has 1 amide bonds. The molecule has 0 spiro atoms. The summed E-state index contributed by atoms with van der Waals surface area (Å²) in [5.74, 6) is 0.285. The van der Waals surface area contributed by atoms with E-state index in [1.165, 1.54) is 38.5 Å². The molecule has 0 aliphatic rings. The van der Waals surface area contributed by atoms with Crippen LogP contribution in [0.2, 0.25) is 0 Å². The lowest BCUT2D eigenvalue weighted by Crippen LogP contribution is -2.35. The Morgan fingerprint density at radius 1 is 0.969 bits per heavy atom. The molecule has 0 unspecified atom stereocenters. The third-order valence-corrected chi connectivity index (χ3v) is 6.95. The van der Waals surface area contributed by atoms with E-state index in [4.69, 9.17) is 9.47 Å². The number of hydrogen-bond donors (Lipinski definition) is 0. The number of benzene rings is 3. The molecule has 0 saturated carbocycles. The summed E-state index contributed by atoms with van der Waals surface area (Å²) >= 11 is 3.41. The van der Waals surface area contributed by atoms with Gasteiger partial charge in [0.05, 0.1) is 29.3 Å². The molecule has 0 bridgehead atoms. The van der Waals surface area contributed by atoms with Gasteiger partial charge in [0.2, 0.25) is 0 Å². The maximum atomic E-state index is 13.4. The molecular weight excluding hydrogens is 494 g/mol. The summed E-state index contributed by atoms with van der Waals surface area (Å²) in [6, 6.07) is 18.0. The number of amides is 1. The van der Waals surface area contributed by atoms with E-state index in [9.17, 15) is 13.2 Å². The predicted octanol–water partition coefficient (Wildman–Crippen LogP) is 5.21. The highest BCUT2D eigenvalue weighted by molar-refractivity contribution is 9.10. The molecule has 6 nitrogen and oxygen atoms in total. The Morgan fingerprint density at radius 3 is 2.22 bits per heavy atom. The standard InChI is InChI=1S/C24H22BrNO5S/c1-17-9-12-20(13-10-17)32(28,29)26(19-7-5-4-6-8-19)23(27)14-11-18-15-21(25)24(31-3)22(16-18)30-2/h4-16H,1-3H3/b14-11+. The van der Waals surface area contributed by atoms with Crippen LogP contribution in [0, 0.1) is 6.92 Å². The summed E-state index contributed by atoms with van der Waals surface area (Å²) in [7, 11) is -1.10. The highest BCUT2D eigenvalue weighted by Crippen LogP contribution is 2.36. The van der Waals surface area contributed by atoms with Crippen molar-refractivity contribution in [2.75, 3.05) is 18.5 Å². The number of nitrogens with zero attached hydrogens (tertiary/aromatic N) is 1. The Kier molecular flexibility index (Phi) is 7.37. The minimum atomic E-state index is -4.13. The van der Waals surface area contributed by atoms with Crippen LogP contribution in [0.25, 0.3) is 6.08 Å². The van der Waals surface area contributed by atoms with Crippen molar-refractivity contribution in [1.29, 1.82) is 0 Å². The van der Waals surface area contributed by atoms with Gasteiger partial charge in [0.25, 0.3) is 15.9 Å². The Morgan fingerprint density at radius 2 is 1.62 bits per heavy atom. The number of aryl methyl sites for hydroxylation is 1. The molecule has 0 aromatic heterocycles. The van der Waals surface area contributed by atoms with Crippen molar-refractivity contribution in [3.05, 3.63) is 88.4 Å². The van der Waals surface area contributed by atoms with E-state index in [1.807, 2.05) is 6.92 Å². The Hall–Kier alpha value is -3.10. The van der Waals surface area contributed by atoms with Crippen molar-refractivity contribution in [1.82, 2.24) is 0 Å². The van der Waals surface area contributed by atoms with Crippen LogP contribution in [0.5, 0.6) is 11.5 Å². The first kappa shape index (κ1) is 23.6. The van der Waals surface area contributed by atoms with E-state index >= 15 is 0 Å². The van der Waals surface area contributed by atoms with Gasteiger partial charge in [-0.2, -0.15) is 4.31 Å². The highest BCUT2D eigenvalue weighted by Gasteiger charge is 2.29. The molecule has 3 aromatic carbocycles. The first-order valence-corrected chi connectivity index (χ1v) is 11.8. The molecule has 0 radical (unpaired) electrons. The number of halogens is 1. The maximum absolute atomic E-state index is 13.4. The smallest absolute Gasteiger partial charge is 0.271 e. The molecule has 0 atom stereocenters. The van der Waals surface area contributed by atoms with Crippen molar-refractivity contribution in [3.8, 4) is 11.5 Å². The molecular formula is C24H22BrNO5S. The van der Waals surface area contributed by atoms with Crippen LogP contribution in [0.15, 0.2) is 82.2 Å². The molecule has 0 aliphatic carbocycles. The Bertz CT molecular complexity index is 1240. The second-order valence-corrected chi connectivity index (χ2v) is 9.47. The van der Waals surface area contributed by atoms with E-state index < -0.39 is 15.9 Å². The zero-order valence-corrected chi connectivity index (χ0v) is 20.2. The summed E-state index contributed by atoms with van der Waals surface area (Å²) in [5.41, 5.74) is 1.79. The molecule has 32 heavy (non-hydrogen) atoms. The first-order valence-electron chi connectivity index (χ1n) is 9.58. The van der Waals surface area contributed by atoms with Gasteiger partial charge in [-0.3, -0.25) is 4.79 Å². The van der Waals surface area contributed by atoms with Crippen molar-refractivity contribution >= 4 is 43.6 Å². The SMILES string of the molecule is COc1cc(/C=C/C(=O)N(c2ccccc2)S(=O)(=O)c2ccc(C)cc2)cc(Br)c1OC. The quantitative estimate of drug-likeness (QED) is 0.403. The van der Waals surface area contributed by atoms with E-state index in [2.05, 4.69) is 15.9 Å². The summed E-state index contributed by atoms with van der Waals surface area (Å²) in [6.07, 6.45) is 2.74. The van der Waals surface area contributed by atoms with Gasteiger partial charge in [0, 0.05) is 6.08 Å². The Balaban J connectivity index is 2.02. The molecule has 0 aliphatic heterocycles. The molecule has 0 fully saturated rings. The normalized spacial score (nSPS) is 11.4. The van der Waals surface area contributed by atoms with Gasteiger partial charge >= 0.3 is 0 Å². The van der Waals surface area contributed by atoms with Gasteiger partial charge in [-0.25, -0.2) is 8.42 Å². The first-order chi connectivity index (χ1) is 15.3. The zero-order chi connectivity index (χ0) is 23.3. The molecule has 0 heterocycles. The average molecular weight is 516 g/mol. The highest BCUT2D eigenvalue weighted by atomic mass is 79.9. The lowest BCUT2D eigenvalue weighted by Gasteiger charge is -2.21. The second-order valence-electron chi connectivity index (χ2n) is 6.83. The fourth-order valence-corrected chi connectivity index (χ4v) is 5.04. The van der Waals surface area contributed by atoms with Gasteiger partial charge in [0.1, 0.15) is 0 Å². The molecule has 8 heteroatoms. The number of methoxy groups -OCH3 is 2. The summed E-state index contributed by atoms with van der Waals surface area (Å²) in [4.78, 5) is 13.2. The van der Waals surface area contributed by atoms with Crippen molar-refractivity contribution in [2.45, 2.75) is 11.8 Å². The number of carbonyl (C=O) groups excluding carboxylic acids is 1. The topological polar surface area (TPSA) is 72.9 Å². The van der Waals surface area contributed by atoms with E-state index in [-0.39, 0.29) is 10.6 Å². The summed E-state index contributed by atoms with van der Waals surface area (Å²) in [6.45, 7) is 1.86. The monoisotopic (exact) mass is 515 g/mol. The lowest BCUT2D eigenvalue weighted by molar-refractivity contribution is -0.113. The van der Waals surface area contributed by atoms with Crippen LogP contribution in [0.4, 0.5) is 5.69 Å². The summed E-state index contributed by atoms with van der Waals surface area (Å²) in [5, 5.41) is 0. The Labute approximate surface area is 196 Å². The van der Waals surface area contributed by atoms with Gasteiger partial charge in [-0.05, 0) is 70.9 Å². The van der Waals surface area contributed by atoms with Crippen molar-refractivity contribution < 1.29 is 22.7 Å². The second kappa shape index (κ2) is 10.0. The van der Waals surface area contributed by atoms with Gasteiger partial charge in [-0.1, -0.05) is 35.9 Å². The minimum Gasteiger partial charge on any atom is -0.493 e. The third-order valence-electron chi connectivity index (χ3n) is 4.62. The molecule has 3 rings (SSSR count). The number of para-hydroxylation sites is 1.